The molecule has 1 aromatic carbocycles. The smallest absolute Gasteiger partial charge is 0.388 e. The molecule has 0 atom stereocenters. The molecule has 1 rings (SSSR count). The topological polar surface area (TPSA) is 12.0 Å². The van der Waals surface area contributed by atoms with Crippen molar-refractivity contribution in [3.8, 4) is 0 Å². The maximum Gasteiger partial charge on any atom is 0.418 e. The number of nitrogens with one attached hydrogen (secondary N) is 1. The highest BCUT2D eigenvalue weighted by Gasteiger charge is 2.33. The summed E-state index contributed by atoms with van der Waals surface area (Å²) in [5.74, 6) is 0. The normalized spacial score (nSPS) is 11.5. The molecule has 0 bridgehead atoms. The van der Waals surface area contributed by atoms with Gasteiger partial charge in [-0.25, -0.2) is 0 Å². The van der Waals surface area contributed by atoms with Crippen LogP contribution in [0.5, 0.6) is 0 Å². The van der Waals surface area contributed by atoms with Gasteiger partial charge in [-0.3, -0.25) is 0 Å². The highest BCUT2D eigenvalue weighted by atomic mass is 79.9. The Morgan fingerprint density at radius 2 is 1.92 bits per heavy atom. The quantitative estimate of drug-likeness (QED) is 0.808. The maximum absolute atomic E-state index is 12.4. The van der Waals surface area contributed by atoms with Gasteiger partial charge in [-0.2, -0.15) is 13.2 Å². The predicted octanol–water partition coefficient (Wildman–Crippen LogP) is 3.51. The summed E-state index contributed by atoms with van der Waals surface area (Å²) in [4.78, 5) is 0. The standard InChI is InChI=1S/C8H7BrF3N/c1-13-7-3-2-5(9)4-6(7)8(10,11)12/h2-4,13H,1H3. The largest absolute Gasteiger partial charge is 0.418 e. The minimum atomic E-state index is -4.32. The van der Waals surface area contributed by atoms with Crippen LogP contribution < -0.4 is 5.32 Å². The van der Waals surface area contributed by atoms with Gasteiger partial charge < -0.3 is 5.32 Å². The summed E-state index contributed by atoms with van der Waals surface area (Å²) < 4.78 is 37.5. The summed E-state index contributed by atoms with van der Waals surface area (Å²) in [5, 5.41) is 2.49. The SMILES string of the molecule is CNc1ccc(Br)cc1C(F)(F)F. The van der Waals surface area contributed by atoms with Gasteiger partial charge in [-0.15, -0.1) is 0 Å². The summed E-state index contributed by atoms with van der Waals surface area (Å²) in [6.07, 6.45) is -4.32. The lowest BCUT2D eigenvalue weighted by Gasteiger charge is -2.12. The van der Waals surface area contributed by atoms with Gasteiger partial charge in [0.1, 0.15) is 0 Å². The van der Waals surface area contributed by atoms with Gasteiger partial charge >= 0.3 is 6.18 Å². The van der Waals surface area contributed by atoms with Crippen molar-refractivity contribution in [3.05, 3.63) is 28.2 Å². The van der Waals surface area contributed by atoms with Crippen LogP contribution in [0.3, 0.4) is 0 Å². The number of halogens is 4. The molecule has 0 unspecified atom stereocenters. The average molecular weight is 254 g/mol. The summed E-state index contributed by atoms with van der Waals surface area (Å²) in [7, 11) is 1.46. The van der Waals surface area contributed by atoms with E-state index in [4.69, 9.17) is 0 Å². The average Bonchev–Trinajstić information content (AvgIpc) is 2.03. The molecule has 1 N–H and O–H groups in total. The fourth-order valence-electron chi connectivity index (χ4n) is 0.969. The van der Waals surface area contributed by atoms with E-state index in [1.165, 1.54) is 13.1 Å². The van der Waals surface area contributed by atoms with Gasteiger partial charge in [0.25, 0.3) is 0 Å². The van der Waals surface area contributed by atoms with Crippen molar-refractivity contribution in [2.24, 2.45) is 0 Å². The zero-order valence-electron chi connectivity index (χ0n) is 6.74. The van der Waals surface area contributed by atoms with E-state index < -0.39 is 11.7 Å². The van der Waals surface area contributed by atoms with Crippen molar-refractivity contribution in [3.63, 3.8) is 0 Å². The van der Waals surface area contributed by atoms with E-state index >= 15 is 0 Å². The molecule has 13 heavy (non-hydrogen) atoms. The van der Waals surface area contributed by atoms with Crippen LogP contribution in [0.4, 0.5) is 18.9 Å². The first-order valence-corrected chi connectivity index (χ1v) is 4.29. The number of anilines is 1. The van der Waals surface area contributed by atoms with Crippen molar-refractivity contribution in [2.45, 2.75) is 6.18 Å². The monoisotopic (exact) mass is 253 g/mol. The van der Waals surface area contributed by atoms with Crippen molar-refractivity contribution >= 4 is 21.6 Å². The van der Waals surface area contributed by atoms with E-state index in [9.17, 15) is 13.2 Å². The second-order valence-electron chi connectivity index (χ2n) is 2.44. The molecule has 0 aromatic heterocycles. The van der Waals surface area contributed by atoms with E-state index in [1.807, 2.05) is 0 Å². The van der Waals surface area contributed by atoms with Crippen LogP contribution >= 0.6 is 15.9 Å². The fourth-order valence-corrected chi connectivity index (χ4v) is 1.33. The molecule has 72 valence electrons. The summed E-state index contributed by atoms with van der Waals surface area (Å²) in [6.45, 7) is 0. The van der Waals surface area contributed by atoms with Crippen molar-refractivity contribution in [1.82, 2.24) is 0 Å². The zero-order valence-corrected chi connectivity index (χ0v) is 8.33. The third kappa shape index (κ3) is 2.37. The van der Waals surface area contributed by atoms with Crippen LogP contribution in [-0.2, 0) is 6.18 Å². The highest BCUT2D eigenvalue weighted by Crippen LogP contribution is 2.36. The first kappa shape index (κ1) is 10.4. The fraction of sp³-hybridized carbons (Fsp3) is 0.250. The van der Waals surface area contributed by atoms with E-state index in [0.717, 1.165) is 6.07 Å². The first-order valence-electron chi connectivity index (χ1n) is 3.49. The molecule has 0 saturated carbocycles. The molecular formula is C8H7BrF3N. The maximum atomic E-state index is 12.4. The Hall–Kier alpha value is -0.710. The molecule has 0 fully saturated rings. The second kappa shape index (κ2) is 3.57. The van der Waals surface area contributed by atoms with Gasteiger partial charge in [-0.05, 0) is 18.2 Å². The lowest BCUT2D eigenvalue weighted by molar-refractivity contribution is -0.137. The number of hydrogen-bond donors (Lipinski definition) is 1. The number of alkyl halides is 3. The molecule has 0 aliphatic rings. The van der Waals surface area contributed by atoms with Crippen molar-refractivity contribution < 1.29 is 13.2 Å². The number of hydrogen-bond acceptors (Lipinski definition) is 1. The summed E-state index contributed by atoms with van der Waals surface area (Å²) in [6, 6.07) is 3.99. The predicted molar refractivity (Wildman–Crippen MR) is 48.7 cm³/mol. The van der Waals surface area contributed by atoms with E-state index in [0.29, 0.717) is 4.47 Å². The van der Waals surface area contributed by atoms with Crippen LogP contribution in [-0.4, -0.2) is 7.05 Å². The molecule has 0 heterocycles. The lowest BCUT2D eigenvalue weighted by Crippen LogP contribution is -2.08. The van der Waals surface area contributed by atoms with Crippen LogP contribution in [0.15, 0.2) is 22.7 Å². The van der Waals surface area contributed by atoms with Gasteiger partial charge in [-0.1, -0.05) is 15.9 Å². The molecule has 1 nitrogen and oxygen atoms in total. The lowest BCUT2D eigenvalue weighted by atomic mass is 10.2. The minimum Gasteiger partial charge on any atom is -0.388 e. The Kier molecular flexibility index (Phi) is 2.85. The highest BCUT2D eigenvalue weighted by molar-refractivity contribution is 9.10. The van der Waals surface area contributed by atoms with Crippen molar-refractivity contribution in [1.29, 1.82) is 0 Å². The van der Waals surface area contributed by atoms with Gasteiger partial charge in [0, 0.05) is 17.2 Å². The molecule has 0 saturated heterocycles. The Morgan fingerprint density at radius 1 is 1.31 bits per heavy atom. The molecule has 0 amide bonds. The molecule has 0 aliphatic heterocycles. The third-order valence-electron chi connectivity index (χ3n) is 1.56. The Labute approximate surface area is 82.1 Å². The molecule has 0 aliphatic carbocycles. The first-order chi connectivity index (χ1) is 5.95. The van der Waals surface area contributed by atoms with Crippen LogP contribution in [0.2, 0.25) is 0 Å². The Balaban J connectivity index is 3.24. The molecule has 0 radical (unpaired) electrons. The van der Waals surface area contributed by atoms with Crippen LogP contribution in [0.25, 0.3) is 0 Å². The van der Waals surface area contributed by atoms with E-state index in [2.05, 4.69) is 21.2 Å². The van der Waals surface area contributed by atoms with E-state index in [-0.39, 0.29) is 5.69 Å². The summed E-state index contributed by atoms with van der Waals surface area (Å²) >= 11 is 2.99. The Bertz CT molecular complexity index is 309. The van der Waals surface area contributed by atoms with Gasteiger partial charge in [0.15, 0.2) is 0 Å². The van der Waals surface area contributed by atoms with Crippen LogP contribution in [0.1, 0.15) is 5.56 Å². The second-order valence-corrected chi connectivity index (χ2v) is 3.35. The molecule has 0 spiro atoms. The van der Waals surface area contributed by atoms with Crippen LogP contribution in [0, 0.1) is 0 Å². The molecule has 1 aromatic rings. The van der Waals surface area contributed by atoms with Gasteiger partial charge in [0.2, 0.25) is 0 Å². The Morgan fingerprint density at radius 3 is 2.38 bits per heavy atom. The minimum absolute atomic E-state index is 0.0794. The summed E-state index contributed by atoms with van der Waals surface area (Å²) in [5.41, 5.74) is -0.583. The molecule has 5 heteroatoms. The number of rotatable bonds is 1. The zero-order chi connectivity index (χ0) is 10.1. The third-order valence-corrected chi connectivity index (χ3v) is 2.05. The van der Waals surface area contributed by atoms with Gasteiger partial charge in [0.05, 0.1) is 5.56 Å². The number of benzene rings is 1. The van der Waals surface area contributed by atoms with Crippen molar-refractivity contribution in [2.75, 3.05) is 12.4 Å². The van der Waals surface area contributed by atoms with E-state index in [1.54, 1.807) is 6.07 Å². The molecular weight excluding hydrogens is 247 g/mol.